The summed E-state index contributed by atoms with van der Waals surface area (Å²) in [6, 6.07) is 0. The van der Waals surface area contributed by atoms with Crippen LogP contribution in [0.1, 0.15) is 201 Å². The first-order chi connectivity index (χ1) is 21.1. The Balaban J connectivity index is 3.46. The van der Waals surface area contributed by atoms with E-state index in [1.165, 1.54) is 141 Å². The maximum Gasteiger partial charge on any atom is 0.306 e. The van der Waals surface area contributed by atoms with Crippen LogP contribution in [0, 0.1) is 0 Å². The fourth-order valence-electron chi connectivity index (χ4n) is 5.28. The van der Waals surface area contributed by atoms with Crippen LogP contribution >= 0.6 is 0 Å². The topological polar surface area (TPSA) is 52.6 Å². The summed E-state index contributed by atoms with van der Waals surface area (Å²) in [5.74, 6) is -0.365. The van der Waals surface area contributed by atoms with Crippen molar-refractivity contribution in [3.8, 4) is 0 Å². The Morgan fingerprint density at radius 3 is 1.19 bits per heavy atom. The largest absolute Gasteiger partial charge is 0.462 e. The van der Waals surface area contributed by atoms with Crippen LogP contribution in [-0.2, 0) is 19.1 Å². The molecule has 0 aliphatic heterocycles. The third-order valence-corrected chi connectivity index (χ3v) is 8.10. The molecule has 0 bridgehead atoms. The first-order valence-electron chi connectivity index (χ1n) is 18.7. The minimum absolute atomic E-state index is 0.155. The van der Waals surface area contributed by atoms with Crippen LogP contribution in [0.5, 0.6) is 0 Å². The fraction of sp³-hybridized carbons (Fsp3) is 0.846. The summed E-state index contributed by atoms with van der Waals surface area (Å²) in [7, 11) is 0. The molecule has 0 aliphatic rings. The van der Waals surface area contributed by atoms with E-state index in [0.29, 0.717) is 12.8 Å². The van der Waals surface area contributed by atoms with Crippen LogP contribution in [0.2, 0.25) is 0 Å². The molecule has 4 heteroatoms. The van der Waals surface area contributed by atoms with Crippen molar-refractivity contribution >= 4 is 11.9 Å². The molecule has 0 radical (unpaired) electrons. The predicted octanol–water partition coefficient (Wildman–Crippen LogP) is 12.5. The molecule has 0 aromatic carbocycles. The fourth-order valence-corrected chi connectivity index (χ4v) is 5.28. The summed E-state index contributed by atoms with van der Waals surface area (Å²) in [5.41, 5.74) is 0. The average molecular weight is 605 g/mol. The number of unbranched alkanes of at least 4 members (excludes halogenated alkanes) is 22. The summed E-state index contributed by atoms with van der Waals surface area (Å²) >= 11 is 0. The van der Waals surface area contributed by atoms with E-state index in [4.69, 9.17) is 9.47 Å². The molecule has 0 heterocycles. The predicted molar refractivity (Wildman–Crippen MR) is 185 cm³/mol. The highest BCUT2D eigenvalue weighted by molar-refractivity contribution is 5.70. The second-order valence-corrected chi connectivity index (χ2v) is 12.7. The molecule has 0 aromatic heterocycles. The second-order valence-electron chi connectivity index (χ2n) is 12.7. The van der Waals surface area contributed by atoms with Crippen molar-refractivity contribution in [3.05, 3.63) is 24.3 Å². The van der Waals surface area contributed by atoms with Gasteiger partial charge in [0.05, 0.1) is 0 Å². The van der Waals surface area contributed by atoms with Crippen molar-refractivity contribution in [1.29, 1.82) is 0 Å². The molecule has 0 fully saturated rings. The lowest BCUT2D eigenvalue weighted by Gasteiger charge is -2.13. The van der Waals surface area contributed by atoms with Crippen molar-refractivity contribution in [2.24, 2.45) is 0 Å². The first kappa shape index (κ1) is 41.4. The molecule has 0 amide bonds. The van der Waals surface area contributed by atoms with Crippen LogP contribution in [-0.4, -0.2) is 24.6 Å². The smallest absolute Gasteiger partial charge is 0.306 e. The number of carbonyl (C=O) groups excluding carboxylic acids is 2. The van der Waals surface area contributed by atoms with E-state index in [1.54, 1.807) is 6.92 Å². The summed E-state index contributed by atoms with van der Waals surface area (Å²) < 4.78 is 10.7. The molecule has 0 unspecified atom stereocenters. The number of allylic oxidation sites excluding steroid dienone is 4. The lowest BCUT2D eigenvalue weighted by molar-refractivity contribution is -0.158. The number of rotatable bonds is 33. The van der Waals surface area contributed by atoms with Crippen LogP contribution < -0.4 is 0 Å². The van der Waals surface area contributed by atoms with Crippen molar-refractivity contribution < 1.29 is 19.1 Å². The zero-order chi connectivity index (χ0) is 31.5. The van der Waals surface area contributed by atoms with Gasteiger partial charge in [0.25, 0.3) is 0 Å². The van der Waals surface area contributed by atoms with Crippen molar-refractivity contribution in [3.63, 3.8) is 0 Å². The molecule has 0 rings (SSSR count). The van der Waals surface area contributed by atoms with Crippen LogP contribution in [0.4, 0.5) is 0 Å². The number of esters is 2. The third kappa shape index (κ3) is 34.8. The van der Waals surface area contributed by atoms with Gasteiger partial charge in [-0.05, 0) is 71.1 Å². The van der Waals surface area contributed by atoms with Crippen LogP contribution in [0.25, 0.3) is 0 Å². The maximum atomic E-state index is 12.1. The number of hydrogen-bond donors (Lipinski definition) is 0. The van der Waals surface area contributed by atoms with Gasteiger partial charge in [-0.3, -0.25) is 9.59 Å². The summed E-state index contributed by atoms with van der Waals surface area (Å²) in [4.78, 5) is 24.1. The highest BCUT2D eigenvalue weighted by Gasteiger charge is 2.12. The molecule has 1 atom stereocenters. The highest BCUT2D eigenvalue weighted by atomic mass is 16.6. The van der Waals surface area contributed by atoms with Crippen LogP contribution in [0.15, 0.2) is 24.3 Å². The Morgan fingerprint density at radius 2 is 0.791 bits per heavy atom. The Hall–Kier alpha value is -1.58. The second kappa shape index (κ2) is 34.9. The van der Waals surface area contributed by atoms with E-state index < -0.39 is 0 Å². The molecule has 0 spiro atoms. The monoisotopic (exact) mass is 605 g/mol. The molecule has 0 N–H and O–H groups in total. The van der Waals surface area contributed by atoms with E-state index in [0.717, 1.165) is 25.7 Å². The number of carbonyl (C=O) groups is 2. The van der Waals surface area contributed by atoms with Gasteiger partial charge in [0, 0.05) is 12.8 Å². The zero-order valence-corrected chi connectivity index (χ0v) is 29.0. The average Bonchev–Trinajstić information content (AvgIpc) is 3.00. The van der Waals surface area contributed by atoms with Gasteiger partial charge in [0.1, 0.15) is 12.7 Å². The molecular weight excluding hydrogens is 532 g/mol. The lowest BCUT2D eigenvalue weighted by Crippen LogP contribution is -2.22. The number of hydrogen-bond acceptors (Lipinski definition) is 4. The quantitative estimate of drug-likeness (QED) is 0.0425. The molecule has 4 nitrogen and oxygen atoms in total. The zero-order valence-electron chi connectivity index (χ0n) is 29.0. The first-order valence-corrected chi connectivity index (χ1v) is 18.7. The SMILES string of the molecule is CCCCCCCC/C=C\CCCCCCCC(=O)OC[C@@H](C)OC(=O)CCCCCCC/C=C\CCCCCCCC. The lowest BCUT2D eigenvalue weighted by atomic mass is 10.1. The summed E-state index contributed by atoms with van der Waals surface area (Å²) in [6.45, 7) is 6.48. The summed E-state index contributed by atoms with van der Waals surface area (Å²) in [5, 5.41) is 0. The third-order valence-electron chi connectivity index (χ3n) is 8.10. The van der Waals surface area contributed by atoms with Crippen molar-refractivity contribution in [1.82, 2.24) is 0 Å². The Labute approximate surface area is 268 Å². The number of ether oxygens (including phenoxy) is 2. The van der Waals surface area contributed by atoms with E-state index in [-0.39, 0.29) is 24.6 Å². The molecule has 0 aromatic rings. The molecule has 0 aliphatic carbocycles. The van der Waals surface area contributed by atoms with Crippen molar-refractivity contribution in [2.45, 2.75) is 207 Å². The highest BCUT2D eigenvalue weighted by Crippen LogP contribution is 2.12. The van der Waals surface area contributed by atoms with E-state index in [2.05, 4.69) is 38.2 Å². The van der Waals surface area contributed by atoms with Gasteiger partial charge in [0.2, 0.25) is 0 Å². The standard InChI is InChI=1S/C39H72O4/c1-4-6-8-10-12-14-16-18-20-22-24-26-28-30-32-34-38(40)42-36-37(3)43-39(41)35-33-31-29-27-25-23-21-19-17-15-13-11-9-7-5-2/h18-21,37H,4-17,22-36H2,1-3H3/b20-18-,21-19-/t37-/m1/s1. The van der Waals surface area contributed by atoms with Crippen molar-refractivity contribution in [2.75, 3.05) is 6.61 Å². The minimum Gasteiger partial charge on any atom is -0.462 e. The summed E-state index contributed by atoms with van der Waals surface area (Å²) in [6.07, 6.45) is 42.2. The molecule has 0 saturated carbocycles. The van der Waals surface area contributed by atoms with Crippen LogP contribution in [0.3, 0.4) is 0 Å². The van der Waals surface area contributed by atoms with E-state index >= 15 is 0 Å². The molecular formula is C39H72O4. The van der Waals surface area contributed by atoms with Gasteiger partial charge >= 0.3 is 11.9 Å². The van der Waals surface area contributed by atoms with Gasteiger partial charge < -0.3 is 9.47 Å². The normalized spacial score (nSPS) is 12.3. The molecule has 0 saturated heterocycles. The Morgan fingerprint density at radius 1 is 0.465 bits per heavy atom. The van der Waals surface area contributed by atoms with E-state index in [1.807, 2.05) is 0 Å². The van der Waals surface area contributed by atoms with Gasteiger partial charge in [-0.1, -0.05) is 141 Å². The van der Waals surface area contributed by atoms with Gasteiger partial charge in [0.15, 0.2) is 0 Å². The minimum atomic E-state index is -0.381. The Bertz CT molecular complexity index is 654. The molecule has 252 valence electrons. The van der Waals surface area contributed by atoms with Gasteiger partial charge in [-0.25, -0.2) is 0 Å². The maximum absolute atomic E-state index is 12.1. The van der Waals surface area contributed by atoms with Gasteiger partial charge in [-0.2, -0.15) is 0 Å². The molecule has 43 heavy (non-hydrogen) atoms. The Kier molecular flexibility index (Phi) is 33.6. The van der Waals surface area contributed by atoms with E-state index in [9.17, 15) is 9.59 Å². The van der Waals surface area contributed by atoms with Gasteiger partial charge in [-0.15, -0.1) is 0 Å².